The third kappa shape index (κ3) is 2.51. The minimum absolute atomic E-state index is 0.347. The molecular weight excluding hydrogens is 258 g/mol. The van der Waals surface area contributed by atoms with Crippen LogP contribution in [0.4, 0.5) is 0 Å². The smallest absolute Gasteiger partial charge is 0.325 e. The minimum Gasteiger partial charge on any atom is -0.480 e. The summed E-state index contributed by atoms with van der Waals surface area (Å²) in [6, 6.07) is 7.76. The first-order valence-corrected chi connectivity index (χ1v) is 7.58. The number of benzene rings is 1. The number of hydrogen-bond acceptors (Lipinski definition) is 3. The molecule has 100 valence electrons. The number of fused-ring (bicyclic) bond motifs is 1. The molecule has 0 amide bonds. The Kier molecular flexibility index (Phi) is 3.53. The van der Waals surface area contributed by atoms with E-state index in [0.717, 1.165) is 28.5 Å². The molecule has 1 aromatic carbocycles. The van der Waals surface area contributed by atoms with Crippen molar-refractivity contribution < 1.29 is 9.90 Å². The second kappa shape index (κ2) is 5.31. The summed E-state index contributed by atoms with van der Waals surface area (Å²) in [7, 11) is 0. The molecule has 1 aliphatic rings. The van der Waals surface area contributed by atoms with Crippen molar-refractivity contribution in [3.63, 3.8) is 0 Å². The first-order valence-electron chi connectivity index (χ1n) is 6.70. The normalized spacial score (nSPS) is 17.9. The van der Waals surface area contributed by atoms with Crippen molar-refractivity contribution >= 4 is 27.4 Å². The van der Waals surface area contributed by atoms with Crippen LogP contribution in [0, 0.1) is 0 Å². The van der Waals surface area contributed by atoms with E-state index in [1.54, 1.807) is 11.3 Å². The van der Waals surface area contributed by atoms with Gasteiger partial charge in [0.1, 0.15) is 6.04 Å². The Balaban J connectivity index is 1.92. The number of carbonyl (C=O) groups is 1. The van der Waals surface area contributed by atoms with Gasteiger partial charge in [0.15, 0.2) is 0 Å². The fourth-order valence-electron chi connectivity index (χ4n) is 2.84. The Morgan fingerprint density at radius 2 is 2.05 bits per heavy atom. The fourth-order valence-corrected chi connectivity index (χ4v) is 3.83. The van der Waals surface area contributed by atoms with Gasteiger partial charge < -0.3 is 5.11 Å². The quantitative estimate of drug-likeness (QED) is 0.897. The van der Waals surface area contributed by atoms with Crippen LogP contribution in [-0.2, 0) is 4.79 Å². The molecule has 1 saturated carbocycles. The van der Waals surface area contributed by atoms with Crippen LogP contribution in [-0.4, -0.2) is 17.1 Å². The summed E-state index contributed by atoms with van der Waals surface area (Å²) in [5, 5.41) is 15.9. The third-order valence-corrected chi connectivity index (χ3v) is 4.81. The van der Waals surface area contributed by atoms with Crippen LogP contribution >= 0.6 is 11.3 Å². The van der Waals surface area contributed by atoms with Gasteiger partial charge in [0.25, 0.3) is 0 Å². The Morgan fingerprint density at radius 1 is 1.32 bits per heavy atom. The van der Waals surface area contributed by atoms with Crippen LogP contribution in [0.3, 0.4) is 0 Å². The maximum absolute atomic E-state index is 11.6. The lowest BCUT2D eigenvalue weighted by Gasteiger charge is -2.19. The maximum Gasteiger partial charge on any atom is 0.325 e. The van der Waals surface area contributed by atoms with Crippen molar-refractivity contribution in [1.29, 1.82) is 0 Å². The number of nitrogens with one attached hydrogen (secondary N) is 1. The fraction of sp³-hybridized carbons (Fsp3) is 0.400. The lowest BCUT2D eigenvalue weighted by molar-refractivity contribution is -0.139. The molecule has 1 fully saturated rings. The van der Waals surface area contributed by atoms with Crippen molar-refractivity contribution in [3.05, 3.63) is 35.2 Å². The molecular formula is C15H17NO2S. The summed E-state index contributed by atoms with van der Waals surface area (Å²) in [4.78, 5) is 11.6. The summed E-state index contributed by atoms with van der Waals surface area (Å²) in [5.74, 6) is -0.782. The summed E-state index contributed by atoms with van der Waals surface area (Å²) < 4.78 is 1.15. The zero-order valence-corrected chi connectivity index (χ0v) is 11.5. The number of thiophene rings is 1. The molecule has 1 atom stereocenters. The Labute approximate surface area is 116 Å². The van der Waals surface area contributed by atoms with Gasteiger partial charge in [0.05, 0.1) is 0 Å². The van der Waals surface area contributed by atoms with Gasteiger partial charge in [-0.15, -0.1) is 11.3 Å². The van der Waals surface area contributed by atoms with E-state index in [-0.39, 0.29) is 0 Å². The van der Waals surface area contributed by atoms with E-state index < -0.39 is 12.0 Å². The molecule has 1 unspecified atom stereocenters. The Morgan fingerprint density at radius 3 is 2.79 bits per heavy atom. The van der Waals surface area contributed by atoms with E-state index in [4.69, 9.17) is 0 Å². The highest BCUT2D eigenvalue weighted by atomic mass is 32.1. The monoisotopic (exact) mass is 275 g/mol. The predicted octanol–water partition coefficient (Wildman–Crippen LogP) is 3.56. The van der Waals surface area contributed by atoms with Gasteiger partial charge in [-0.2, -0.15) is 0 Å². The summed E-state index contributed by atoms with van der Waals surface area (Å²) >= 11 is 1.61. The van der Waals surface area contributed by atoms with Gasteiger partial charge in [-0.05, 0) is 35.2 Å². The average molecular weight is 275 g/mol. The predicted molar refractivity (Wildman–Crippen MR) is 77.6 cm³/mol. The van der Waals surface area contributed by atoms with Crippen molar-refractivity contribution in [2.24, 2.45) is 0 Å². The molecule has 0 saturated heterocycles. The first-order chi connectivity index (χ1) is 9.25. The Bertz CT molecular complexity index is 587. The van der Waals surface area contributed by atoms with E-state index in [1.807, 2.05) is 29.6 Å². The molecule has 3 nitrogen and oxygen atoms in total. The van der Waals surface area contributed by atoms with Crippen LogP contribution in [0.5, 0.6) is 0 Å². The average Bonchev–Trinajstić information content (AvgIpc) is 3.05. The number of aliphatic carboxylic acids is 1. The van der Waals surface area contributed by atoms with Crippen molar-refractivity contribution in [2.45, 2.75) is 37.8 Å². The molecule has 2 N–H and O–H groups in total. The summed E-state index contributed by atoms with van der Waals surface area (Å²) in [6.07, 6.45) is 4.58. The van der Waals surface area contributed by atoms with E-state index in [1.165, 1.54) is 12.8 Å². The summed E-state index contributed by atoms with van der Waals surface area (Å²) in [6.45, 7) is 0. The SMILES string of the molecule is O=C(O)C(NC1CCCC1)c1csc2ccccc12. The van der Waals surface area contributed by atoms with Gasteiger partial charge >= 0.3 is 5.97 Å². The summed E-state index contributed by atoms with van der Waals surface area (Å²) in [5.41, 5.74) is 0.903. The van der Waals surface area contributed by atoms with Crippen LogP contribution in [0.25, 0.3) is 10.1 Å². The second-order valence-corrected chi connectivity index (χ2v) is 6.02. The molecule has 0 radical (unpaired) electrons. The molecule has 19 heavy (non-hydrogen) atoms. The van der Waals surface area contributed by atoms with Gasteiger partial charge in [-0.3, -0.25) is 10.1 Å². The first kappa shape index (κ1) is 12.6. The Hall–Kier alpha value is -1.39. The molecule has 0 spiro atoms. The highest BCUT2D eigenvalue weighted by Gasteiger charge is 2.27. The molecule has 1 aromatic heterocycles. The van der Waals surface area contributed by atoms with Crippen molar-refractivity contribution in [3.8, 4) is 0 Å². The lowest BCUT2D eigenvalue weighted by atomic mass is 10.0. The molecule has 3 rings (SSSR count). The minimum atomic E-state index is -0.782. The molecule has 4 heteroatoms. The standard InChI is InChI=1S/C15H17NO2S/c17-15(18)14(16-10-5-1-2-6-10)12-9-19-13-8-4-3-7-11(12)13/h3-4,7-10,14,16H,1-2,5-6H2,(H,17,18). The third-order valence-electron chi connectivity index (χ3n) is 3.83. The second-order valence-electron chi connectivity index (χ2n) is 5.11. The number of hydrogen-bond donors (Lipinski definition) is 2. The van der Waals surface area contributed by atoms with Gasteiger partial charge in [-0.25, -0.2) is 0 Å². The molecule has 1 heterocycles. The number of carboxylic acids is 1. The number of rotatable bonds is 4. The van der Waals surface area contributed by atoms with Crippen molar-refractivity contribution in [1.82, 2.24) is 5.32 Å². The zero-order chi connectivity index (χ0) is 13.2. The lowest BCUT2D eigenvalue weighted by Crippen LogP contribution is -2.35. The maximum atomic E-state index is 11.6. The largest absolute Gasteiger partial charge is 0.480 e. The number of carboxylic acid groups (broad SMARTS) is 1. The van der Waals surface area contributed by atoms with Crippen LogP contribution in [0.2, 0.25) is 0 Å². The molecule has 0 bridgehead atoms. The van der Waals surface area contributed by atoms with E-state index in [2.05, 4.69) is 5.32 Å². The highest BCUT2D eigenvalue weighted by Crippen LogP contribution is 2.31. The molecule has 0 aliphatic heterocycles. The van der Waals surface area contributed by atoms with Crippen molar-refractivity contribution in [2.75, 3.05) is 0 Å². The van der Waals surface area contributed by atoms with Crippen LogP contribution < -0.4 is 5.32 Å². The topological polar surface area (TPSA) is 49.3 Å². The van der Waals surface area contributed by atoms with E-state index >= 15 is 0 Å². The highest BCUT2D eigenvalue weighted by molar-refractivity contribution is 7.17. The van der Waals surface area contributed by atoms with E-state index in [0.29, 0.717) is 6.04 Å². The van der Waals surface area contributed by atoms with Gasteiger partial charge in [-0.1, -0.05) is 31.0 Å². The van der Waals surface area contributed by atoms with Crippen LogP contribution in [0.1, 0.15) is 37.3 Å². The van der Waals surface area contributed by atoms with Gasteiger partial charge in [0, 0.05) is 10.7 Å². The van der Waals surface area contributed by atoms with Crippen LogP contribution in [0.15, 0.2) is 29.6 Å². The van der Waals surface area contributed by atoms with Gasteiger partial charge in [0.2, 0.25) is 0 Å². The molecule has 2 aromatic rings. The zero-order valence-electron chi connectivity index (χ0n) is 10.6. The molecule has 1 aliphatic carbocycles. The van der Waals surface area contributed by atoms with E-state index in [9.17, 15) is 9.90 Å².